The van der Waals surface area contributed by atoms with E-state index in [1.54, 1.807) is 30.1 Å². The first-order valence-electron chi connectivity index (χ1n) is 5.81. The van der Waals surface area contributed by atoms with Gasteiger partial charge in [0.15, 0.2) is 0 Å². The van der Waals surface area contributed by atoms with Crippen LogP contribution in [-0.4, -0.2) is 47.3 Å². The molecule has 1 rings (SSSR count). The van der Waals surface area contributed by atoms with Crippen molar-refractivity contribution in [2.24, 2.45) is 0 Å². The van der Waals surface area contributed by atoms with E-state index in [1.807, 2.05) is 0 Å². The van der Waals surface area contributed by atoms with E-state index in [4.69, 9.17) is 5.11 Å². The lowest BCUT2D eigenvalue weighted by atomic mass is 10.1. The van der Waals surface area contributed by atoms with Crippen LogP contribution in [0.15, 0.2) is 24.3 Å². The number of hydrogen-bond donors (Lipinski definition) is 2. The zero-order valence-electron chi connectivity index (χ0n) is 10.3. The molecule has 1 aromatic carbocycles. The second-order valence-corrected chi connectivity index (χ2v) is 4.36. The van der Waals surface area contributed by atoms with Gasteiger partial charge in [0.2, 0.25) is 0 Å². The van der Waals surface area contributed by atoms with E-state index in [0.29, 0.717) is 18.5 Å². The van der Waals surface area contributed by atoms with Crippen LogP contribution < -0.4 is 0 Å². The molecular weight excluding hydrogens is 237 g/mol. The Bertz CT molecular complexity index is 398. The monoisotopic (exact) mass is 255 g/mol. The van der Waals surface area contributed by atoms with Gasteiger partial charge in [-0.3, -0.25) is 4.79 Å². The molecule has 1 unspecified atom stereocenters. The normalized spacial score (nSPS) is 12.7. The third-order valence-corrected chi connectivity index (χ3v) is 2.65. The van der Waals surface area contributed by atoms with Gasteiger partial charge in [-0.25, -0.2) is 4.39 Å². The largest absolute Gasteiger partial charge is 0.481 e. The van der Waals surface area contributed by atoms with Gasteiger partial charge in [-0.15, -0.1) is 0 Å². The van der Waals surface area contributed by atoms with Crippen molar-refractivity contribution in [2.45, 2.75) is 18.9 Å². The number of halogens is 1. The highest BCUT2D eigenvalue weighted by Crippen LogP contribution is 2.07. The standard InChI is InChI=1S/C13H18FNO3/c1-15(9-11(16)8-13(17)18)7-6-10-4-2-3-5-12(10)14/h2-5,11,16H,6-9H2,1H3,(H,17,18). The lowest BCUT2D eigenvalue weighted by Crippen LogP contribution is -2.32. The predicted octanol–water partition coefficient (Wildman–Crippen LogP) is 1.14. The van der Waals surface area contributed by atoms with Crippen molar-refractivity contribution in [3.8, 4) is 0 Å². The van der Waals surface area contributed by atoms with E-state index in [9.17, 15) is 14.3 Å². The Kier molecular flexibility index (Phi) is 5.74. The maximum absolute atomic E-state index is 13.3. The van der Waals surface area contributed by atoms with Crippen LogP contribution in [-0.2, 0) is 11.2 Å². The van der Waals surface area contributed by atoms with E-state index in [-0.39, 0.29) is 18.8 Å². The highest BCUT2D eigenvalue weighted by Gasteiger charge is 2.12. The van der Waals surface area contributed by atoms with Crippen molar-refractivity contribution in [3.05, 3.63) is 35.6 Å². The van der Waals surface area contributed by atoms with Crippen LogP contribution in [0.4, 0.5) is 4.39 Å². The predicted molar refractivity (Wildman–Crippen MR) is 65.9 cm³/mol. The average molecular weight is 255 g/mol. The summed E-state index contributed by atoms with van der Waals surface area (Å²) in [4.78, 5) is 12.2. The van der Waals surface area contributed by atoms with Crippen molar-refractivity contribution in [1.29, 1.82) is 0 Å². The van der Waals surface area contributed by atoms with Gasteiger partial charge in [0.25, 0.3) is 0 Å². The maximum atomic E-state index is 13.3. The van der Waals surface area contributed by atoms with Crippen LogP contribution in [0.5, 0.6) is 0 Å². The summed E-state index contributed by atoms with van der Waals surface area (Å²) in [6.45, 7) is 0.832. The first kappa shape index (κ1) is 14.6. The number of benzene rings is 1. The molecule has 0 bridgehead atoms. The summed E-state index contributed by atoms with van der Waals surface area (Å²) in [5.41, 5.74) is 0.622. The number of aliphatic carboxylic acids is 1. The molecule has 0 fully saturated rings. The number of carboxylic acids is 1. The molecule has 18 heavy (non-hydrogen) atoms. The first-order chi connectivity index (χ1) is 8.49. The molecule has 5 heteroatoms. The summed E-state index contributed by atoms with van der Waals surface area (Å²) in [5.74, 6) is -1.26. The third kappa shape index (κ3) is 5.25. The molecule has 2 N–H and O–H groups in total. The molecule has 1 aromatic rings. The Hall–Kier alpha value is -1.46. The Labute approximate surface area is 106 Å². The number of likely N-dealkylation sites (N-methyl/N-ethyl adjacent to an activating group) is 1. The molecule has 1 atom stereocenters. The Morgan fingerprint density at radius 2 is 2.11 bits per heavy atom. The fourth-order valence-corrected chi connectivity index (χ4v) is 1.73. The van der Waals surface area contributed by atoms with Crippen LogP contribution in [0.2, 0.25) is 0 Å². The molecule has 100 valence electrons. The summed E-state index contributed by atoms with van der Waals surface area (Å²) in [6, 6.07) is 6.54. The number of nitrogens with zero attached hydrogens (tertiary/aromatic N) is 1. The van der Waals surface area contributed by atoms with Gasteiger partial charge >= 0.3 is 5.97 Å². The summed E-state index contributed by atoms with van der Waals surface area (Å²) in [5, 5.41) is 18.0. The van der Waals surface area contributed by atoms with Gasteiger partial charge in [0.1, 0.15) is 5.82 Å². The molecule has 0 spiro atoms. The zero-order valence-corrected chi connectivity index (χ0v) is 10.3. The second-order valence-electron chi connectivity index (χ2n) is 4.36. The van der Waals surface area contributed by atoms with Crippen molar-refractivity contribution in [2.75, 3.05) is 20.1 Å². The van der Waals surface area contributed by atoms with Gasteiger partial charge in [-0.2, -0.15) is 0 Å². The molecule has 0 aromatic heterocycles. The smallest absolute Gasteiger partial charge is 0.306 e. The lowest BCUT2D eigenvalue weighted by molar-refractivity contribution is -0.139. The highest BCUT2D eigenvalue weighted by molar-refractivity contribution is 5.67. The van der Waals surface area contributed by atoms with Crippen molar-refractivity contribution < 1.29 is 19.4 Å². The van der Waals surface area contributed by atoms with Crippen LogP contribution >= 0.6 is 0 Å². The molecule has 0 heterocycles. The Balaban J connectivity index is 2.35. The van der Waals surface area contributed by atoms with E-state index >= 15 is 0 Å². The molecule has 0 radical (unpaired) electrons. The minimum atomic E-state index is -1.02. The fourth-order valence-electron chi connectivity index (χ4n) is 1.73. The minimum Gasteiger partial charge on any atom is -0.481 e. The van der Waals surface area contributed by atoms with Crippen molar-refractivity contribution in [1.82, 2.24) is 4.90 Å². The molecule has 0 aliphatic rings. The number of rotatable bonds is 7. The van der Waals surface area contributed by atoms with Gasteiger partial charge in [-0.1, -0.05) is 18.2 Å². The number of carbonyl (C=O) groups is 1. The van der Waals surface area contributed by atoms with Gasteiger partial charge in [0.05, 0.1) is 12.5 Å². The zero-order chi connectivity index (χ0) is 13.5. The highest BCUT2D eigenvalue weighted by atomic mass is 19.1. The van der Waals surface area contributed by atoms with E-state index in [1.165, 1.54) is 6.07 Å². The molecule has 0 saturated heterocycles. The van der Waals surface area contributed by atoms with Crippen LogP contribution in [0.25, 0.3) is 0 Å². The van der Waals surface area contributed by atoms with Gasteiger partial charge in [-0.05, 0) is 25.1 Å². The summed E-state index contributed by atoms with van der Waals surface area (Å²) in [6.07, 6.45) is -0.638. The SMILES string of the molecule is CN(CCc1ccccc1F)CC(O)CC(=O)O. The van der Waals surface area contributed by atoms with E-state index in [0.717, 1.165) is 0 Å². The first-order valence-corrected chi connectivity index (χ1v) is 5.81. The molecular formula is C13H18FNO3. The van der Waals surface area contributed by atoms with E-state index in [2.05, 4.69) is 0 Å². The fraction of sp³-hybridized carbons (Fsp3) is 0.462. The topological polar surface area (TPSA) is 60.8 Å². The number of carboxylic acid groups (broad SMARTS) is 1. The molecule has 4 nitrogen and oxygen atoms in total. The van der Waals surface area contributed by atoms with Crippen molar-refractivity contribution in [3.63, 3.8) is 0 Å². The molecule has 0 aliphatic carbocycles. The Morgan fingerprint density at radius 1 is 1.44 bits per heavy atom. The Morgan fingerprint density at radius 3 is 2.72 bits per heavy atom. The van der Waals surface area contributed by atoms with Crippen molar-refractivity contribution >= 4 is 5.97 Å². The minimum absolute atomic E-state index is 0.239. The van der Waals surface area contributed by atoms with Crippen LogP contribution in [0.1, 0.15) is 12.0 Å². The average Bonchev–Trinajstić information content (AvgIpc) is 2.26. The third-order valence-electron chi connectivity index (χ3n) is 2.65. The summed E-state index contributed by atoms with van der Waals surface area (Å²) >= 11 is 0. The van der Waals surface area contributed by atoms with Crippen LogP contribution in [0.3, 0.4) is 0 Å². The maximum Gasteiger partial charge on any atom is 0.306 e. The second kappa shape index (κ2) is 7.08. The van der Waals surface area contributed by atoms with Gasteiger partial charge < -0.3 is 15.1 Å². The molecule has 0 aliphatic heterocycles. The quantitative estimate of drug-likeness (QED) is 0.767. The number of hydrogen-bond acceptors (Lipinski definition) is 3. The lowest BCUT2D eigenvalue weighted by Gasteiger charge is -2.19. The van der Waals surface area contributed by atoms with E-state index < -0.39 is 12.1 Å². The number of aliphatic hydroxyl groups excluding tert-OH is 1. The molecule has 0 saturated carbocycles. The van der Waals surface area contributed by atoms with Crippen LogP contribution in [0, 0.1) is 5.82 Å². The summed E-state index contributed by atoms with van der Waals surface area (Å²) in [7, 11) is 1.77. The number of aliphatic hydroxyl groups is 1. The van der Waals surface area contributed by atoms with Gasteiger partial charge in [0, 0.05) is 13.1 Å². The summed E-state index contributed by atoms with van der Waals surface area (Å²) < 4.78 is 13.3. The molecule has 0 amide bonds.